The normalized spacial score (nSPS) is 23.1. The minimum Gasteiger partial charge on any atom is -0.448 e. The number of rotatable bonds is 6. The van der Waals surface area contributed by atoms with Crippen LogP contribution in [0.25, 0.3) is 0 Å². The van der Waals surface area contributed by atoms with Crippen LogP contribution in [-0.2, 0) is 25.7 Å². The summed E-state index contributed by atoms with van der Waals surface area (Å²) in [7, 11) is 0. The van der Waals surface area contributed by atoms with Crippen LogP contribution in [0.5, 0.6) is 0 Å². The van der Waals surface area contributed by atoms with Crippen molar-refractivity contribution >= 4 is 17.9 Å². The highest BCUT2D eigenvalue weighted by Gasteiger charge is 2.36. The highest BCUT2D eigenvalue weighted by molar-refractivity contribution is 5.88. The van der Waals surface area contributed by atoms with Crippen LogP contribution >= 0.6 is 0 Å². The van der Waals surface area contributed by atoms with Crippen LogP contribution in [0.3, 0.4) is 0 Å². The summed E-state index contributed by atoms with van der Waals surface area (Å²) in [5.74, 6) is -0.277. The number of hydrogen-bond acceptors (Lipinski definition) is 5. The lowest BCUT2D eigenvalue weighted by Gasteiger charge is -2.34. The molecular weight excluding hydrogens is 398 g/mol. The Hall–Kier alpha value is -2.61. The van der Waals surface area contributed by atoms with E-state index in [0.29, 0.717) is 32.8 Å². The molecule has 2 heterocycles. The number of benzene rings is 1. The van der Waals surface area contributed by atoms with Gasteiger partial charge in [0.15, 0.2) is 0 Å². The van der Waals surface area contributed by atoms with E-state index >= 15 is 0 Å². The SMILES string of the molecule is O=C(CN1CCOC1=O)N1CC(=O)N(C2CCCCC2)C[C@@H](OCc2ccccc2)C1. The first-order valence-electron chi connectivity index (χ1n) is 11.2. The van der Waals surface area contributed by atoms with Gasteiger partial charge >= 0.3 is 6.09 Å². The van der Waals surface area contributed by atoms with E-state index in [4.69, 9.17) is 9.47 Å². The summed E-state index contributed by atoms with van der Waals surface area (Å²) >= 11 is 0. The number of cyclic esters (lactones) is 1. The number of ether oxygens (including phenoxy) is 2. The van der Waals surface area contributed by atoms with Gasteiger partial charge in [0, 0.05) is 19.1 Å². The second-order valence-electron chi connectivity index (χ2n) is 8.57. The molecule has 4 rings (SSSR count). The first kappa shape index (κ1) is 21.6. The predicted octanol–water partition coefficient (Wildman–Crippen LogP) is 2.03. The van der Waals surface area contributed by atoms with Crippen LogP contribution in [0.15, 0.2) is 30.3 Å². The summed E-state index contributed by atoms with van der Waals surface area (Å²) in [5.41, 5.74) is 1.06. The Morgan fingerprint density at radius 3 is 2.55 bits per heavy atom. The fraction of sp³-hybridized carbons (Fsp3) is 0.609. The second-order valence-corrected chi connectivity index (χ2v) is 8.57. The molecule has 0 unspecified atom stereocenters. The third kappa shape index (κ3) is 5.55. The van der Waals surface area contributed by atoms with E-state index in [-0.39, 0.29) is 37.0 Å². The van der Waals surface area contributed by atoms with Crippen LogP contribution < -0.4 is 0 Å². The molecular formula is C23H31N3O5. The topological polar surface area (TPSA) is 79.4 Å². The number of hydrogen-bond donors (Lipinski definition) is 0. The number of carbonyl (C=O) groups excluding carboxylic acids is 3. The minimum atomic E-state index is -0.477. The Labute approximate surface area is 183 Å². The predicted molar refractivity (Wildman–Crippen MR) is 113 cm³/mol. The smallest absolute Gasteiger partial charge is 0.410 e. The van der Waals surface area contributed by atoms with Crippen LogP contribution in [0.2, 0.25) is 0 Å². The van der Waals surface area contributed by atoms with Crippen LogP contribution in [0.4, 0.5) is 4.79 Å². The van der Waals surface area contributed by atoms with E-state index in [1.54, 1.807) is 4.90 Å². The average molecular weight is 430 g/mol. The molecule has 0 N–H and O–H groups in total. The van der Waals surface area contributed by atoms with Gasteiger partial charge in [0.1, 0.15) is 13.2 Å². The van der Waals surface area contributed by atoms with Crippen LogP contribution in [-0.4, -0.2) is 84.1 Å². The molecule has 8 nitrogen and oxygen atoms in total. The summed E-state index contributed by atoms with van der Waals surface area (Å²) in [4.78, 5) is 42.7. The summed E-state index contributed by atoms with van der Waals surface area (Å²) in [6.45, 7) is 1.91. The van der Waals surface area contributed by atoms with Gasteiger partial charge in [0.2, 0.25) is 11.8 Å². The molecule has 1 aromatic rings. The summed E-state index contributed by atoms with van der Waals surface area (Å²) in [5, 5.41) is 0. The Morgan fingerprint density at radius 2 is 1.84 bits per heavy atom. The van der Waals surface area contributed by atoms with E-state index in [0.717, 1.165) is 31.2 Å². The molecule has 2 saturated heterocycles. The molecule has 168 valence electrons. The number of carbonyl (C=O) groups is 3. The molecule has 3 fully saturated rings. The van der Waals surface area contributed by atoms with Crippen molar-refractivity contribution in [2.75, 3.05) is 39.3 Å². The first-order chi connectivity index (χ1) is 15.1. The van der Waals surface area contributed by atoms with E-state index in [1.165, 1.54) is 11.3 Å². The van der Waals surface area contributed by atoms with E-state index in [9.17, 15) is 14.4 Å². The van der Waals surface area contributed by atoms with Gasteiger partial charge in [-0.05, 0) is 18.4 Å². The zero-order chi connectivity index (χ0) is 21.6. The monoisotopic (exact) mass is 429 g/mol. The Balaban J connectivity index is 1.46. The van der Waals surface area contributed by atoms with Crippen molar-refractivity contribution in [1.29, 1.82) is 0 Å². The molecule has 31 heavy (non-hydrogen) atoms. The number of nitrogens with zero attached hydrogens (tertiary/aromatic N) is 3. The van der Waals surface area contributed by atoms with Crippen molar-refractivity contribution in [1.82, 2.24) is 14.7 Å². The lowest BCUT2D eigenvalue weighted by Crippen LogP contribution is -2.46. The molecule has 1 saturated carbocycles. The lowest BCUT2D eigenvalue weighted by molar-refractivity contribution is -0.140. The summed E-state index contributed by atoms with van der Waals surface area (Å²) < 4.78 is 11.1. The van der Waals surface area contributed by atoms with Crippen LogP contribution in [0, 0.1) is 0 Å². The average Bonchev–Trinajstić information content (AvgIpc) is 3.11. The standard InChI is InChI=1S/C23H31N3O5/c27-21(15-24-11-12-30-23(24)29)25-13-20(31-17-18-7-3-1-4-8-18)14-26(22(28)16-25)19-9-5-2-6-10-19/h1,3-4,7-8,19-20H,2,5-6,9-17H2/t20-/m0/s1. The molecule has 0 aromatic heterocycles. The van der Waals surface area contributed by atoms with E-state index in [2.05, 4.69) is 0 Å². The molecule has 2 aliphatic heterocycles. The highest BCUT2D eigenvalue weighted by atomic mass is 16.6. The van der Waals surface area contributed by atoms with Gasteiger partial charge in [-0.2, -0.15) is 0 Å². The van der Waals surface area contributed by atoms with Crippen molar-refractivity contribution in [2.45, 2.75) is 50.9 Å². The van der Waals surface area contributed by atoms with Gasteiger partial charge in [-0.25, -0.2) is 4.79 Å². The highest BCUT2D eigenvalue weighted by Crippen LogP contribution is 2.25. The summed E-state index contributed by atoms with van der Waals surface area (Å²) in [6, 6.07) is 10.1. The minimum absolute atomic E-state index is 0.0312. The second kappa shape index (κ2) is 10.1. The Kier molecular flexibility index (Phi) is 7.06. The molecule has 3 amide bonds. The van der Waals surface area contributed by atoms with Gasteiger partial charge in [-0.3, -0.25) is 14.5 Å². The molecule has 0 spiro atoms. The zero-order valence-corrected chi connectivity index (χ0v) is 17.9. The zero-order valence-electron chi connectivity index (χ0n) is 17.9. The molecule has 8 heteroatoms. The van der Waals surface area contributed by atoms with Gasteiger partial charge < -0.3 is 19.3 Å². The van der Waals surface area contributed by atoms with Crippen molar-refractivity contribution in [3.05, 3.63) is 35.9 Å². The largest absolute Gasteiger partial charge is 0.448 e. The van der Waals surface area contributed by atoms with Crippen LogP contribution in [0.1, 0.15) is 37.7 Å². The Morgan fingerprint density at radius 1 is 1.06 bits per heavy atom. The van der Waals surface area contributed by atoms with Crippen molar-refractivity contribution in [3.63, 3.8) is 0 Å². The van der Waals surface area contributed by atoms with Gasteiger partial charge in [-0.15, -0.1) is 0 Å². The molecule has 1 aromatic carbocycles. The third-order valence-corrected chi connectivity index (χ3v) is 6.34. The van der Waals surface area contributed by atoms with Crippen molar-refractivity contribution in [3.8, 4) is 0 Å². The molecule has 3 aliphatic rings. The maximum Gasteiger partial charge on any atom is 0.410 e. The molecule has 1 aliphatic carbocycles. The fourth-order valence-corrected chi connectivity index (χ4v) is 4.61. The third-order valence-electron chi connectivity index (χ3n) is 6.34. The van der Waals surface area contributed by atoms with Gasteiger partial charge in [-0.1, -0.05) is 49.6 Å². The van der Waals surface area contributed by atoms with Gasteiger partial charge in [0.05, 0.1) is 25.8 Å². The molecule has 0 bridgehead atoms. The summed E-state index contributed by atoms with van der Waals surface area (Å²) in [6.07, 6.45) is 4.73. The van der Waals surface area contributed by atoms with Gasteiger partial charge in [0.25, 0.3) is 0 Å². The molecule has 1 atom stereocenters. The number of amides is 3. The van der Waals surface area contributed by atoms with Crippen molar-refractivity contribution < 1.29 is 23.9 Å². The quantitative estimate of drug-likeness (QED) is 0.691. The first-order valence-corrected chi connectivity index (χ1v) is 11.2. The fourth-order valence-electron chi connectivity index (χ4n) is 4.61. The Bertz CT molecular complexity index is 781. The van der Waals surface area contributed by atoms with E-state index < -0.39 is 6.09 Å². The maximum absolute atomic E-state index is 13.1. The lowest BCUT2D eigenvalue weighted by atomic mass is 9.94. The van der Waals surface area contributed by atoms with Crippen molar-refractivity contribution in [2.24, 2.45) is 0 Å². The maximum atomic E-state index is 13.1. The van der Waals surface area contributed by atoms with E-state index in [1.807, 2.05) is 35.2 Å². The molecule has 0 radical (unpaired) electrons.